The molecule has 1 atom stereocenters. The van der Waals surface area contributed by atoms with Crippen LogP contribution in [0.4, 0.5) is 0 Å². The van der Waals surface area contributed by atoms with E-state index in [9.17, 15) is 0 Å². The summed E-state index contributed by atoms with van der Waals surface area (Å²) in [4.78, 5) is 2.62. The number of halogens is 1. The first-order valence-corrected chi connectivity index (χ1v) is 5.91. The lowest BCUT2D eigenvalue weighted by Crippen LogP contribution is -1.88. The van der Waals surface area contributed by atoms with Crippen molar-refractivity contribution in [3.05, 3.63) is 22.5 Å². The molecule has 0 saturated carbocycles. The van der Waals surface area contributed by atoms with E-state index >= 15 is 0 Å². The molecule has 0 radical (unpaired) electrons. The summed E-state index contributed by atoms with van der Waals surface area (Å²) >= 11 is 9.43. The van der Waals surface area contributed by atoms with Crippen molar-refractivity contribution >= 4 is 40.3 Å². The van der Waals surface area contributed by atoms with Crippen molar-refractivity contribution in [2.45, 2.75) is 18.2 Å². The number of thiol groups is 1. The number of hydrogen-bond donors (Lipinski definition) is 1. The topological polar surface area (TPSA) is 0 Å². The lowest BCUT2D eigenvalue weighted by Gasteiger charge is -2.02. The molecular formula is C8H13BrS2. The molecule has 0 amide bonds. The van der Waals surface area contributed by atoms with Crippen LogP contribution in [0.3, 0.4) is 0 Å². The maximum Gasteiger partial charge on any atom is 0.0162 e. The third-order valence-electron chi connectivity index (χ3n) is 1.08. The van der Waals surface area contributed by atoms with E-state index in [-0.39, 0.29) is 0 Å². The zero-order valence-electron chi connectivity index (χ0n) is 6.80. The minimum atomic E-state index is 0.487. The van der Waals surface area contributed by atoms with Crippen molar-refractivity contribution in [2.75, 3.05) is 6.26 Å². The Kier molecular flexibility index (Phi) is 6.58. The Morgan fingerprint density at radius 1 is 1.82 bits per heavy atom. The van der Waals surface area contributed by atoms with Crippen molar-refractivity contribution in [2.24, 2.45) is 0 Å². The van der Waals surface area contributed by atoms with E-state index < -0.39 is 0 Å². The molecule has 0 aromatic heterocycles. The second-order valence-electron chi connectivity index (χ2n) is 2.29. The second kappa shape index (κ2) is 6.21. The van der Waals surface area contributed by atoms with Gasteiger partial charge in [-0.2, -0.15) is 0 Å². The van der Waals surface area contributed by atoms with Crippen LogP contribution in [0.25, 0.3) is 0 Å². The summed E-state index contributed by atoms with van der Waals surface area (Å²) in [6.07, 6.45) is 4.98. The molecule has 0 nitrogen and oxygen atoms in total. The van der Waals surface area contributed by atoms with Crippen LogP contribution in [0, 0.1) is 0 Å². The average molecular weight is 253 g/mol. The van der Waals surface area contributed by atoms with Gasteiger partial charge in [0.05, 0.1) is 0 Å². The lowest BCUT2D eigenvalue weighted by molar-refractivity contribution is 0.989. The normalized spacial score (nSPS) is 14.7. The Labute approximate surface area is 87.1 Å². The summed E-state index contributed by atoms with van der Waals surface area (Å²) < 4.78 is 0. The molecule has 3 heteroatoms. The summed E-state index contributed by atoms with van der Waals surface area (Å²) in [6, 6.07) is 0. The van der Waals surface area contributed by atoms with Gasteiger partial charge in [0, 0.05) is 9.73 Å². The number of hydrogen-bond acceptors (Lipinski definition) is 2. The minimum absolute atomic E-state index is 0.487. The van der Waals surface area contributed by atoms with E-state index in [0.717, 1.165) is 16.2 Å². The Bertz CT molecular complexity index is 161. The van der Waals surface area contributed by atoms with Crippen molar-refractivity contribution in [1.29, 1.82) is 0 Å². The van der Waals surface area contributed by atoms with Gasteiger partial charge < -0.3 is 0 Å². The molecule has 0 spiro atoms. The van der Waals surface area contributed by atoms with Gasteiger partial charge in [0.15, 0.2) is 0 Å². The Morgan fingerprint density at radius 2 is 2.36 bits per heavy atom. The van der Waals surface area contributed by atoms with E-state index in [0.29, 0.717) is 4.83 Å². The molecule has 0 fully saturated rings. The standard InChI is InChI=1S/C8H13BrS2/c1-6(9)4-8(10)5-7(2)11-3/h5-6,10H,2,4H2,1,3H3/b8-5+/t6-/m0/s1. The number of allylic oxidation sites excluding steroid dienone is 2. The van der Waals surface area contributed by atoms with Gasteiger partial charge in [-0.05, 0) is 23.7 Å². The molecule has 0 heterocycles. The largest absolute Gasteiger partial charge is 0.148 e. The number of alkyl halides is 1. The quantitative estimate of drug-likeness (QED) is 0.451. The zero-order valence-corrected chi connectivity index (χ0v) is 10.1. The van der Waals surface area contributed by atoms with Gasteiger partial charge in [-0.25, -0.2) is 0 Å². The molecule has 0 aliphatic carbocycles. The Hall–Kier alpha value is 0.660. The van der Waals surface area contributed by atoms with Gasteiger partial charge in [-0.15, -0.1) is 24.4 Å². The zero-order chi connectivity index (χ0) is 8.85. The van der Waals surface area contributed by atoms with E-state index in [1.54, 1.807) is 11.8 Å². The van der Waals surface area contributed by atoms with Gasteiger partial charge >= 0.3 is 0 Å². The van der Waals surface area contributed by atoms with Crippen LogP contribution in [-0.4, -0.2) is 11.1 Å². The van der Waals surface area contributed by atoms with Gasteiger partial charge in [0.2, 0.25) is 0 Å². The fraction of sp³-hybridized carbons (Fsp3) is 0.500. The second-order valence-corrected chi connectivity index (χ2v) is 5.36. The van der Waals surface area contributed by atoms with Crippen LogP contribution in [0.1, 0.15) is 13.3 Å². The predicted octanol–water partition coefficient (Wildman–Crippen LogP) is 3.85. The van der Waals surface area contributed by atoms with Gasteiger partial charge in [-0.1, -0.05) is 29.4 Å². The summed E-state index contributed by atoms with van der Waals surface area (Å²) in [5.74, 6) is 0. The van der Waals surface area contributed by atoms with Crippen LogP contribution >= 0.6 is 40.3 Å². The number of thioether (sulfide) groups is 1. The lowest BCUT2D eigenvalue weighted by atomic mass is 10.3. The van der Waals surface area contributed by atoms with Gasteiger partial charge in [0.25, 0.3) is 0 Å². The number of rotatable bonds is 4. The van der Waals surface area contributed by atoms with Crippen LogP contribution in [0.15, 0.2) is 22.5 Å². The Balaban J connectivity index is 3.90. The van der Waals surface area contributed by atoms with Gasteiger partial charge in [-0.3, -0.25) is 0 Å². The first kappa shape index (κ1) is 11.7. The van der Waals surface area contributed by atoms with Gasteiger partial charge in [0.1, 0.15) is 0 Å². The minimum Gasteiger partial charge on any atom is -0.148 e. The molecule has 0 aliphatic heterocycles. The van der Waals surface area contributed by atoms with E-state index in [4.69, 9.17) is 0 Å². The Morgan fingerprint density at radius 3 is 2.73 bits per heavy atom. The molecule has 0 aromatic rings. The molecule has 0 rings (SSSR count). The highest BCUT2D eigenvalue weighted by Gasteiger charge is 1.97. The van der Waals surface area contributed by atoms with Crippen molar-refractivity contribution in [1.82, 2.24) is 0 Å². The highest BCUT2D eigenvalue weighted by atomic mass is 79.9. The molecule has 0 saturated heterocycles. The highest BCUT2D eigenvalue weighted by molar-refractivity contribution is 9.09. The molecule has 0 aliphatic rings. The van der Waals surface area contributed by atoms with Crippen LogP contribution in [0.5, 0.6) is 0 Å². The van der Waals surface area contributed by atoms with E-state index in [2.05, 4.69) is 42.1 Å². The van der Waals surface area contributed by atoms with Crippen molar-refractivity contribution < 1.29 is 0 Å². The molecule has 0 bridgehead atoms. The monoisotopic (exact) mass is 252 g/mol. The summed E-state index contributed by atoms with van der Waals surface area (Å²) in [5, 5.41) is 0. The molecule has 0 unspecified atom stereocenters. The first-order chi connectivity index (χ1) is 5.06. The van der Waals surface area contributed by atoms with Crippen molar-refractivity contribution in [3.8, 4) is 0 Å². The SMILES string of the molecule is C=C(/C=C(/S)C[C@H](C)Br)SC. The molecule has 64 valence electrons. The van der Waals surface area contributed by atoms with Crippen LogP contribution in [0.2, 0.25) is 0 Å². The van der Waals surface area contributed by atoms with Crippen molar-refractivity contribution in [3.63, 3.8) is 0 Å². The predicted molar refractivity (Wildman–Crippen MR) is 62.7 cm³/mol. The maximum atomic E-state index is 4.32. The van der Waals surface area contributed by atoms with E-state index in [1.165, 1.54) is 0 Å². The summed E-state index contributed by atoms with van der Waals surface area (Å²) in [7, 11) is 0. The third kappa shape index (κ3) is 7.04. The smallest absolute Gasteiger partial charge is 0.0162 e. The highest BCUT2D eigenvalue weighted by Crippen LogP contribution is 2.20. The molecular weight excluding hydrogens is 240 g/mol. The van der Waals surface area contributed by atoms with Crippen LogP contribution < -0.4 is 0 Å². The summed E-state index contributed by atoms with van der Waals surface area (Å²) in [5.41, 5.74) is 0. The molecule has 0 N–H and O–H groups in total. The third-order valence-corrected chi connectivity index (χ3v) is 2.36. The fourth-order valence-corrected chi connectivity index (χ4v) is 1.97. The molecule has 11 heavy (non-hydrogen) atoms. The first-order valence-electron chi connectivity index (χ1n) is 3.32. The fourth-order valence-electron chi connectivity index (χ4n) is 0.592. The van der Waals surface area contributed by atoms with E-state index in [1.807, 2.05) is 12.3 Å². The average Bonchev–Trinajstić information content (AvgIpc) is 1.85. The summed E-state index contributed by atoms with van der Waals surface area (Å²) in [6.45, 7) is 5.95. The van der Waals surface area contributed by atoms with Crippen LogP contribution in [-0.2, 0) is 0 Å². The maximum absolute atomic E-state index is 4.32. The molecule has 0 aromatic carbocycles.